The standard InChI is InChI=1S/C17H30N4O3/c1-17(2,3)24-16(23)20-7-8-21-13(11-20)10-19-15(21)18-9-12-5-4-6-14(12)22/h12-14,22H,4-11H2,1-3H3,(H,18,19). The van der Waals surface area contributed by atoms with Crippen molar-refractivity contribution in [3.63, 3.8) is 0 Å². The number of rotatable bonds is 2. The molecule has 2 aliphatic heterocycles. The molecule has 1 saturated heterocycles. The first-order chi connectivity index (χ1) is 11.3. The lowest BCUT2D eigenvalue weighted by atomic mass is 10.1. The zero-order chi connectivity index (χ0) is 17.3. The fourth-order valence-corrected chi connectivity index (χ4v) is 3.70. The van der Waals surface area contributed by atoms with Crippen LogP contribution >= 0.6 is 0 Å². The molecule has 0 aromatic heterocycles. The van der Waals surface area contributed by atoms with Gasteiger partial charge in [0.05, 0.1) is 18.7 Å². The molecule has 136 valence electrons. The number of hydrogen-bond acceptors (Lipinski definition) is 6. The van der Waals surface area contributed by atoms with E-state index in [4.69, 9.17) is 4.74 Å². The van der Waals surface area contributed by atoms with Gasteiger partial charge in [-0.1, -0.05) is 6.42 Å². The van der Waals surface area contributed by atoms with Crippen LogP contribution in [0.15, 0.2) is 4.99 Å². The Morgan fingerprint density at radius 2 is 2.17 bits per heavy atom. The molecule has 0 aromatic rings. The van der Waals surface area contributed by atoms with Gasteiger partial charge in [0.2, 0.25) is 0 Å². The molecular weight excluding hydrogens is 308 g/mol. The summed E-state index contributed by atoms with van der Waals surface area (Å²) in [5.74, 6) is 1.25. The second-order valence-corrected chi connectivity index (χ2v) is 8.08. The van der Waals surface area contributed by atoms with Crippen molar-refractivity contribution < 1.29 is 14.6 Å². The van der Waals surface area contributed by atoms with Gasteiger partial charge in [-0.15, -0.1) is 0 Å². The predicted octanol–water partition coefficient (Wildman–Crippen LogP) is 1.03. The Bertz CT molecular complexity index is 503. The lowest BCUT2D eigenvalue weighted by Gasteiger charge is -2.39. The Morgan fingerprint density at radius 1 is 1.38 bits per heavy atom. The number of hydrogen-bond donors (Lipinski definition) is 2. The normalized spacial score (nSPS) is 30.2. The van der Waals surface area contributed by atoms with E-state index >= 15 is 0 Å². The minimum Gasteiger partial charge on any atom is -0.444 e. The molecule has 7 nitrogen and oxygen atoms in total. The molecule has 0 aromatic carbocycles. The molecule has 0 bridgehead atoms. The van der Waals surface area contributed by atoms with Gasteiger partial charge in [0.25, 0.3) is 0 Å². The lowest BCUT2D eigenvalue weighted by molar-refractivity contribution is 0.0137. The van der Waals surface area contributed by atoms with Crippen LogP contribution in [-0.4, -0.2) is 77.4 Å². The van der Waals surface area contributed by atoms with Crippen LogP contribution in [0, 0.1) is 5.92 Å². The highest BCUT2D eigenvalue weighted by Gasteiger charge is 2.36. The molecule has 1 saturated carbocycles. The number of carbonyl (C=O) groups excluding carboxylic acids is 1. The number of ether oxygens (including phenoxy) is 1. The third kappa shape index (κ3) is 3.94. The predicted molar refractivity (Wildman–Crippen MR) is 92.0 cm³/mol. The summed E-state index contributed by atoms with van der Waals surface area (Å²) in [5.41, 5.74) is -0.463. The Labute approximate surface area is 144 Å². The lowest BCUT2D eigenvalue weighted by Crippen LogP contribution is -2.57. The van der Waals surface area contributed by atoms with Crippen LogP contribution in [-0.2, 0) is 4.74 Å². The highest BCUT2D eigenvalue weighted by Crippen LogP contribution is 2.25. The second-order valence-electron chi connectivity index (χ2n) is 8.08. The third-order valence-corrected chi connectivity index (χ3v) is 5.00. The van der Waals surface area contributed by atoms with Crippen molar-refractivity contribution in [2.24, 2.45) is 10.9 Å². The summed E-state index contributed by atoms with van der Waals surface area (Å²) in [6, 6.07) is 0.224. The average Bonchev–Trinajstić information content (AvgIpc) is 3.09. The molecular formula is C17H30N4O3. The molecule has 24 heavy (non-hydrogen) atoms. The number of aliphatic hydroxyl groups excluding tert-OH is 1. The van der Waals surface area contributed by atoms with Gasteiger partial charge in [0.1, 0.15) is 5.60 Å². The van der Waals surface area contributed by atoms with Crippen LogP contribution in [0.2, 0.25) is 0 Å². The summed E-state index contributed by atoms with van der Waals surface area (Å²) in [6.45, 7) is 9.21. The quantitative estimate of drug-likeness (QED) is 0.786. The molecule has 3 atom stereocenters. The van der Waals surface area contributed by atoms with Gasteiger partial charge < -0.3 is 25.0 Å². The number of amides is 1. The van der Waals surface area contributed by atoms with E-state index in [9.17, 15) is 9.90 Å². The fourth-order valence-electron chi connectivity index (χ4n) is 3.70. The minimum atomic E-state index is -0.463. The SMILES string of the molecule is CC(C)(C)OC(=O)N1CCN2C(NCC3CCCC3O)=NCC2C1. The van der Waals surface area contributed by atoms with Crippen LogP contribution < -0.4 is 5.32 Å². The van der Waals surface area contributed by atoms with E-state index in [-0.39, 0.29) is 18.2 Å². The van der Waals surface area contributed by atoms with Crippen molar-refractivity contribution in [2.45, 2.75) is 57.8 Å². The van der Waals surface area contributed by atoms with E-state index in [1.807, 2.05) is 20.8 Å². The molecule has 3 aliphatic rings. The van der Waals surface area contributed by atoms with Crippen molar-refractivity contribution in [3.8, 4) is 0 Å². The summed E-state index contributed by atoms with van der Waals surface area (Å²) < 4.78 is 5.47. The van der Waals surface area contributed by atoms with Crippen molar-refractivity contribution in [1.29, 1.82) is 0 Å². The zero-order valence-electron chi connectivity index (χ0n) is 15.0. The van der Waals surface area contributed by atoms with Crippen LogP contribution in [0.25, 0.3) is 0 Å². The van der Waals surface area contributed by atoms with Gasteiger partial charge in [-0.3, -0.25) is 4.99 Å². The molecule has 2 N–H and O–H groups in total. The number of fused-ring (bicyclic) bond motifs is 1. The summed E-state index contributed by atoms with van der Waals surface area (Å²) >= 11 is 0. The van der Waals surface area contributed by atoms with Crippen molar-refractivity contribution >= 4 is 12.1 Å². The van der Waals surface area contributed by atoms with Gasteiger partial charge in [-0.25, -0.2) is 4.79 Å². The van der Waals surface area contributed by atoms with E-state index in [0.29, 0.717) is 25.6 Å². The Kier molecular flexibility index (Phi) is 4.90. The van der Waals surface area contributed by atoms with E-state index < -0.39 is 5.60 Å². The number of carbonyl (C=O) groups is 1. The maximum atomic E-state index is 12.2. The van der Waals surface area contributed by atoms with Gasteiger partial charge >= 0.3 is 6.09 Å². The van der Waals surface area contributed by atoms with Gasteiger partial charge in [0.15, 0.2) is 5.96 Å². The maximum absolute atomic E-state index is 12.2. The van der Waals surface area contributed by atoms with E-state index in [2.05, 4.69) is 15.2 Å². The first kappa shape index (κ1) is 17.3. The summed E-state index contributed by atoms with van der Waals surface area (Å²) in [7, 11) is 0. The van der Waals surface area contributed by atoms with Gasteiger partial charge in [-0.05, 0) is 33.6 Å². The first-order valence-electron chi connectivity index (χ1n) is 9.04. The van der Waals surface area contributed by atoms with Crippen molar-refractivity contribution in [2.75, 3.05) is 32.7 Å². The van der Waals surface area contributed by atoms with Crippen LogP contribution in [0.1, 0.15) is 40.0 Å². The summed E-state index contributed by atoms with van der Waals surface area (Å²) in [5, 5.41) is 13.3. The van der Waals surface area contributed by atoms with Crippen molar-refractivity contribution in [1.82, 2.24) is 15.1 Å². The van der Waals surface area contributed by atoms with E-state index in [0.717, 1.165) is 38.3 Å². The monoisotopic (exact) mass is 338 g/mol. The number of guanidine groups is 1. The number of aliphatic hydroxyl groups is 1. The minimum absolute atomic E-state index is 0.181. The van der Waals surface area contributed by atoms with Gasteiger partial charge in [0, 0.05) is 32.1 Å². The zero-order valence-corrected chi connectivity index (χ0v) is 15.0. The number of nitrogens with zero attached hydrogens (tertiary/aromatic N) is 3. The number of piperazine rings is 1. The highest BCUT2D eigenvalue weighted by atomic mass is 16.6. The fraction of sp³-hybridized carbons (Fsp3) is 0.882. The van der Waals surface area contributed by atoms with Crippen LogP contribution in [0.5, 0.6) is 0 Å². The topological polar surface area (TPSA) is 77.4 Å². The summed E-state index contributed by atoms with van der Waals surface area (Å²) in [4.78, 5) is 20.9. The molecule has 7 heteroatoms. The van der Waals surface area contributed by atoms with E-state index in [1.54, 1.807) is 4.90 Å². The Hall–Kier alpha value is -1.50. The van der Waals surface area contributed by atoms with Crippen molar-refractivity contribution in [3.05, 3.63) is 0 Å². The molecule has 3 unspecified atom stereocenters. The molecule has 0 spiro atoms. The van der Waals surface area contributed by atoms with Gasteiger partial charge in [-0.2, -0.15) is 0 Å². The molecule has 2 fully saturated rings. The second kappa shape index (κ2) is 6.78. The Balaban J connectivity index is 1.48. The first-order valence-corrected chi connectivity index (χ1v) is 9.04. The Morgan fingerprint density at radius 3 is 2.83 bits per heavy atom. The average molecular weight is 338 g/mol. The number of nitrogens with one attached hydrogen (secondary N) is 1. The number of aliphatic imine (C=N–C) groups is 1. The molecule has 1 amide bonds. The van der Waals surface area contributed by atoms with E-state index in [1.165, 1.54) is 0 Å². The summed E-state index contributed by atoms with van der Waals surface area (Å²) in [6.07, 6.45) is 2.68. The third-order valence-electron chi connectivity index (χ3n) is 5.00. The molecule has 2 heterocycles. The largest absolute Gasteiger partial charge is 0.444 e. The molecule has 3 rings (SSSR count). The maximum Gasteiger partial charge on any atom is 0.410 e. The van der Waals surface area contributed by atoms with Crippen LogP contribution in [0.3, 0.4) is 0 Å². The molecule has 0 radical (unpaired) electrons. The van der Waals surface area contributed by atoms with Crippen LogP contribution in [0.4, 0.5) is 4.79 Å². The molecule has 1 aliphatic carbocycles. The smallest absolute Gasteiger partial charge is 0.410 e. The highest BCUT2D eigenvalue weighted by molar-refractivity contribution is 5.82.